The molecule has 1 aromatic heterocycles. The number of hydrogen-bond acceptors (Lipinski definition) is 3. The highest BCUT2D eigenvalue weighted by Crippen LogP contribution is 2.59. The van der Waals surface area contributed by atoms with Crippen LogP contribution in [0.3, 0.4) is 0 Å². The summed E-state index contributed by atoms with van der Waals surface area (Å²) in [6.07, 6.45) is 0. The molecule has 0 saturated carbocycles. The molecule has 242 valence electrons. The Hall–Kier alpha value is -6.45. The van der Waals surface area contributed by atoms with E-state index in [0.29, 0.717) is 5.75 Å². The summed E-state index contributed by atoms with van der Waals surface area (Å²) in [5.41, 5.74) is 13.0. The van der Waals surface area contributed by atoms with E-state index in [4.69, 9.17) is 14.5 Å². The second kappa shape index (κ2) is 11.3. The molecule has 0 fully saturated rings. The van der Waals surface area contributed by atoms with E-state index in [9.17, 15) is 0 Å². The number of benzene rings is 7. The maximum atomic E-state index is 6.96. The van der Waals surface area contributed by atoms with Crippen LogP contribution >= 0.6 is 0 Å². The molecule has 3 heteroatoms. The van der Waals surface area contributed by atoms with Gasteiger partial charge in [-0.25, -0.2) is 4.98 Å². The van der Waals surface area contributed by atoms with Gasteiger partial charge in [0, 0.05) is 27.7 Å². The molecule has 0 saturated heterocycles. The molecule has 0 bridgehead atoms. The molecule has 3 nitrogen and oxygen atoms in total. The van der Waals surface area contributed by atoms with Crippen LogP contribution in [0.1, 0.15) is 25.0 Å². The largest absolute Gasteiger partial charge is 0.449 e. The van der Waals surface area contributed by atoms with Crippen LogP contribution in [0.5, 0.6) is 23.0 Å². The smallest absolute Gasteiger partial charge is 0.178 e. The van der Waals surface area contributed by atoms with Crippen LogP contribution in [-0.2, 0) is 5.41 Å². The zero-order valence-corrected chi connectivity index (χ0v) is 28.4. The molecule has 10 rings (SSSR count). The first-order chi connectivity index (χ1) is 25.0. The Labute approximate surface area is 297 Å². The normalized spacial score (nSPS) is 13.4. The number of pyridine rings is 1. The van der Waals surface area contributed by atoms with Crippen molar-refractivity contribution >= 4 is 10.8 Å². The lowest BCUT2D eigenvalue weighted by Gasteiger charge is -2.26. The van der Waals surface area contributed by atoms with E-state index in [1.54, 1.807) is 0 Å². The first kappa shape index (κ1) is 29.5. The molecule has 7 aromatic carbocycles. The molecule has 0 amide bonds. The summed E-state index contributed by atoms with van der Waals surface area (Å²) in [5, 5.41) is 2.38. The van der Waals surface area contributed by atoms with Crippen LogP contribution in [0.4, 0.5) is 0 Å². The van der Waals surface area contributed by atoms with Gasteiger partial charge in [0.25, 0.3) is 0 Å². The predicted octanol–water partition coefficient (Wildman–Crippen LogP) is 13.1. The van der Waals surface area contributed by atoms with Crippen molar-refractivity contribution in [2.45, 2.75) is 19.3 Å². The number of nitrogens with zero attached hydrogens (tertiary/aromatic N) is 1. The Balaban J connectivity index is 1.10. The molecule has 0 N–H and O–H groups in total. The predicted molar refractivity (Wildman–Crippen MR) is 208 cm³/mol. The monoisotopic (exact) mass is 655 g/mol. The third-order valence-corrected chi connectivity index (χ3v) is 10.5. The SMILES string of the molecule is CC1(C)c2ccccc2-c2c1ccc1c2Oc2c(cccc2-c2cccc(-c3cc(-c4ccccc4)cc(-c4cccc5ccccc45)n3)c2)O1. The van der Waals surface area contributed by atoms with Crippen molar-refractivity contribution in [1.29, 1.82) is 0 Å². The van der Waals surface area contributed by atoms with Gasteiger partial charge in [-0.1, -0.05) is 147 Å². The number of ether oxygens (including phenoxy) is 2. The van der Waals surface area contributed by atoms with Gasteiger partial charge < -0.3 is 9.47 Å². The summed E-state index contributed by atoms with van der Waals surface area (Å²) in [7, 11) is 0. The average Bonchev–Trinajstić information content (AvgIpc) is 3.43. The lowest BCUT2D eigenvalue weighted by atomic mass is 9.82. The van der Waals surface area contributed by atoms with E-state index in [-0.39, 0.29) is 5.41 Å². The maximum Gasteiger partial charge on any atom is 0.178 e. The minimum absolute atomic E-state index is 0.134. The van der Waals surface area contributed by atoms with Gasteiger partial charge in [0.1, 0.15) is 0 Å². The van der Waals surface area contributed by atoms with Crippen LogP contribution < -0.4 is 9.47 Å². The molecule has 51 heavy (non-hydrogen) atoms. The standard InChI is InChI=1S/C48H33NO2/c1-48(2)39-23-9-8-20-38(39)45-40(48)25-26-44-47(45)51-46-36(21-12-24-43(46)50-44)32-17-10-18-33(27-32)41-28-34(30-13-4-3-5-14-30)29-42(49-41)37-22-11-16-31-15-6-7-19-35(31)37/h3-29H,1-2H3. The summed E-state index contributed by atoms with van der Waals surface area (Å²) in [4.78, 5) is 5.32. The summed E-state index contributed by atoms with van der Waals surface area (Å²) < 4.78 is 13.5. The highest BCUT2D eigenvalue weighted by molar-refractivity contribution is 5.97. The zero-order valence-electron chi connectivity index (χ0n) is 28.4. The van der Waals surface area contributed by atoms with E-state index in [1.165, 1.54) is 27.5 Å². The van der Waals surface area contributed by atoms with Gasteiger partial charge in [0.15, 0.2) is 23.0 Å². The van der Waals surface area contributed by atoms with Crippen LogP contribution in [0.15, 0.2) is 164 Å². The van der Waals surface area contributed by atoms with Crippen molar-refractivity contribution in [2.75, 3.05) is 0 Å². The Morgan fingerprint density at radius 3 is 2.02 bits per heavy atom. The van der Waals surface area contributed by atoms with E-state index >= 15 is 0 Å². The second-order valence-electron chi connectivity index (χ2n) is 13.9. The van der Waals surface area contributed by atoms with Crippen LogP contribution in [-0.4, -0.2) is 4.98 Å². The van der Waals surface area contributed by atoms with Gasteiger partial charge in [-0.2, -0.15) is 0 Å². The third kappa shape index (κ3) is 4.69. The zero-order chi connectivity index (χ0) is 34.1. The maximum absolute atomic E-state index is 6.96. The lowest BCUT2D eigenvalue weighted by molar-refractivity contribution is 0.361. The van der Waals surface area contributed by atoms with E-state index in [0.717, 1.165) is 67.6 Å². The summed E-state index contributed by atoms with van der Waals surface area (Å²) in [6.45, 7) is 4.57. The molecular formula is C48H33NO2. The first-order valence-corrected chi connectivity index (χ1v) is 17.5. The van der Waals surface area contributed by atoms with E-state index < -0.39 is 0 Å². The van der Waals surface area contributed by atoms with Crippen LogP contribution in [0, 0.1) is 0 Å². The molecular weight excluding hydrogens is 623 g/mol. The Bertz CT molecular complexity index is 2670. The quantitative estimate of drug-likeness (QED) is 0.189. The fourth-order valence-electron chi connectivity index (χ4n) is 7.98. The summed E-state index contributed by atoms with van der Waals surface area (Å²) >= 11 is 0. The van der Waals surface area contributed by atoms with Crippen molar-refractivity contribution in [3.8, 4) is 78.9 Å². The van der Waals surface area contributed by atoms with Gasteiger partial charge in [0.05, 0.1) is 11.4 Å². The minimum Gasteiger partial charge on any atom is -0.449 e. The van der Waals surface area contributed by atoms with Gasteiger partial charge in [0.2, 0.25) is 0 Å². The molecule has 2 aliphatic rings. The Kier molecular flexibility index (Phi) is 6.53. The highest BCUT2D eigenvalue weighted by atomic mass is 16.6. The molecule has 1 aliphatic heterocycles. The number of rotatable bonds is 4. The average molecular weight is 656 g/mol. The van der Waals surface area contributed by atoms with Crippen molar-refractivity contribution in [3.63, 3.8) is 0 Å². The summed E-state index contributed by atoms with van der Waals surface area (Å²) in [6, 6.07) is 57.5. The second-order valence-corrected chi connectivity index (χ2v) is 13.9. The number of hydrogen-bond donors (Lipinski definition) is 0. The molecule has 0 spiro atoms. The first-order valence-electron chi connectivity index (χ1n) is 17.5. The van der Waals surface area contributed by atoms with E-state index in [2.05, 4.69) is 166 Å². The van der Waals surface area contributed by atoms with Gasteiger partial charge >= 0.3 is 0 Å². The Morgan fingerprint density at radius 2 is 1.10 bits per heavy atom. The third-order valence-electron chi connectivity index (χ3n) is 10.5. The molecule has 0 atom stereocenters. The molecule has 2 heterocycles. The van der Waals surface area contributed by atoms with Crippen molar-refractivity contribution in [3.05, 3.63) is 175 Å². The minimum atomic E-state index is -0.134. The van der Waals surface area contributed by atoms with Gasteiger partial charge in [-0.3, -0.25) is 0 Å². The number of fused-ring (bicyclic) bond motifs is 7. The topological polar surface area (TPSA) is 31.4 Å². The van der Waals surface area contributed by atoms with E-state index in [1.807, 2.05) is 12.1 Å². The summed E-state index contributed by atoms with van der Waals surface area (Å²) in [5.74, 6) is 2.94. The fourth-order valence-corrected chi connectivity index (χ4v) is 7.98. The van der Waals surface area contributed by atoms with Gasteiger partial charge in [-0.15, -0.1) is 0 Å². The Morgan fingerprint density at radius 1 is 0.431 bits per heavy atom. The molecule has 0 radical (unpaired) electrons. The van der Waals surface area contributed by atoms with Crippen LogP contribution in [0.2, 0.25) is 0 Å². The van der Waals surface area contributed by atoms with Crippen LogP contribution in [0.25, 0.3) is 66.7 Å². The molecule has 8 aromatic rings. The number of para-hydroxylation sites is 1. The van der Waals surface area contributed by atoms with Crippen molar-refractivity contribution in [1.82, 2.24) is 4.98 Å². The lowest BCUT2D eigenvalue weighted by Crippen LogP contribution is -2.15. The fraction of sp³-hybridized carbons (Fsp3) is 0.0625. The highest BCUT2D eigenvalue weighted by Gasteiger charge is 2.39. The molecule has 1 aliphatic carbocycles. The van der Waals surface area contributed by atoms with Gasteiger partial charge in [-0.05, 0) is 74.5 Å². The van der Waals surface area contributed by atoms with Crippen molar-refractivity contribution < 1.29 is 9.47 Å². The molecule has 0 unspecified atom stereocenters. The number of aromatic nitrogens is 1. The van der Waals surface area contributed by atoms with Crippen molar-refractivity contribution in [2.24, 2.45) is 0 Å².